The normalized spacial score (nSPS) is 20.4. The standard InChI is InChI=1S/C12H17BrN2/c1-15(2)8-12-6-9-3-4-11(13)5-10(9)7-14-12/h3-5,12,14H,6-8H2,1-2H3. The zero-order chi connectivity index (χ0) is 10.8. The van der Waals surface area contributed by atoms with Crippen LogP contribution < -0.4 is 5.32 Å². The molecule has 0 saturated carbocycles. The molecule has 0 bridgehead atoms. The third kappa shape index (κ3) is 2.80. The summed E-state index contributed by atoms with van der Waals surface area (Å²) < 4.78 is 1.18. The molecule has 0 amide bonds. The fourth-order valence-corrected chi connectivity index (χ4v) is 2.53. The van der Waals surface area contributed by atoms with Gasteiger partial charge in [-0.2, -0.15) is 0 Å². The summed E-state index contributed by atoms with van der Waals surface area (Å²) in [5.41, 5.74) is 2.92. The first-order valence-electron chi connectivity index (χ1n) is 5.30. The van der Waals surface area contributed by atoms with Gasteiger partial charge in [-0.05, 0) is 43.8 Å². The largest absolute Gasteiger partial charge is 0.308 e. The summed E-state index contributed by atoms with van der Waals surface area (Å²) in [4.78, 5) is 2.24. The second-order valence-corrected chi connectivity index (χ2v) is 5.37. The molecule has 0 saturated heterocycles. The van der Waals surface area contributed by atoms with Crippen molar-refractivity contribution in [2.45, 2.75) is 19.0 Å². The minimum absolute atomic E-state index is 0.591. The van der Waals surface area contributed by atoms with Crippen LogP contribution in [0.15, 0.2) is 22.7 Å². The molecule has 1 aromatic rings. The number of nitrogens with one attached hydrogen (secondary N) is 1. The number of hydrogen-bond acceptors (Lipinski definition) is 2. The Morgan fingerprint density at radius 2 is 2.20 bits per heavy atom. The Morgan fingerprint density at radius 1 is 1.40 bits per heavy atom. The first kappa shape index (κ1) is 11.1. The van der Waals surface area contributed by atoms with Crippen LogP contribution in [-0.2, 0) is 13.0 Å². The van der Waals surface area contributed by atoms with Crippen LogP contribution in [0.25, 0.3) is 0 Å². The average molecular weight is 269 g/mol. The molecular weight excluding hydrogens is 252 g/mol. The van der Waals surface area contributed by atoms with E-state index in [-0.39, 0.29) is 0 Å². The molecule has 0 spiro atoms. The number of fused-ring (bicyclic) bond motifs is 1. The second kappa shape index (κ2) is 4.64. The Morgan fingerprint density at radius 3 is 2.93 bits per heavy atom. The topological polar surface area (TPSA) is 15.3 Å². The maximum atomic E-state index is 3.57. The Bertz CT molecular complexity index is 349. The Kier molecular flexibility index (Phi) is 3.44. The van der Waals surface area contributed by atoms with Crippen molar-refractivity contribution in [3.8, 4) is 0 Å². The summed E-state index contributed by atoms with van der Waals surface area (Å²) in [5, 5.41) is 3.57. The summed E-state index contributed by atoms with van der Waals surface area (Å²) in [7, 11) is 4.25. The van der Waals surface area contributed by atoms with Gasteiger partial charge in [0.25, 0.3) is 0 Å². The molecule has 1 aliphatic heterocycles. The highest BCUT2D eigenvalue weighted by Crippen LogP contribution is 2.21. The number of rotatable bonds is 2. The maximum absolute atomic E-state index is 3.57. The smallest absolute Gasteiger partial charge is 0.0238 e. The van der Waals surface area contributed by atoms with Crippen LogP contribution >= 0.6 is 15.9 Å². The summed E-state index contributed by atoms with van der Waals surface area (Å²) >= 11 is 3.51. The quantitative estimate of drug-likeness (QED) is 0.883. The zero-order valence-electron chi connectivity index (χ0n) is 9.26. The Hall–Kier alpha value is -0.380. The van der Waals surface area contributed by atoms with Gasteiger partial charge in [-0.15, -0.1) is 0 Å². The van der Waals surface area contributed by atoms with Crippen LogP contribution in [0.3, 0.4) is 0 Å². The average Bonchev–Trinajstić information content (AvgIpc) is 2.17. The highest BCUT2D eigenvalue weighted by atomic mass is 79.9. The second-order valence-electron chi connectivity index (χ2n) is 4.46. The molecular formula is C12H17BrN2. The maximum Gasteiger partial charge on any atom is 0.0238 e. The number of hydrogen-bond donors (Lipinski definition) is 1. The van der Waals surface area contributed by atoms with Crippen molar-refractivity contribution >= 4 is 15.9 Å². The molecule has 2 rings (SSSR count). The number of likely N-dealkylation sites (N-methyl/N-ethyl adjacent to an activating group) is 1. The third-order valence-electron chi connectivity index (χ3n) is 2.80. The van der Waals surface area contributed by atoms with Gasteiger partial charge < -0.3 is 10.2 Å². The minimum atomic E-state index is 0.591. The van der Waals surface area contributed by atoms with Crippen LogP contribution in [0.4, 0.5) is 0 Å². The highest BCUT2D eigenvalue weighted by Gasteiger charge is 2.18. The number of nitrogens with zero attached hydrogens (tertiary/aromatic N) is 1. The SMILES string of the molecule is CN(C)CC1Cc2ccc(Br)cc2CN1. The zero-order valence-corrected chi connectivity index (χ0v) is 10.8. The fraction of sp³-hybridized carbons (Fsp3) is 0.500. The van der Waals surface area contributed by atoms with E-state index in [0.29, 0.717) is 6.04 Å². The van der Waals surface area contributed by atoms with E-state index < -0.39 is 0 Å². The molecule has 82 valence electrons. The van der Waals surface area contributed by atoms with Gasteiger partial charge in [0.2, 0.25) is 0 Å². The Labute approximate surface area is 99.8 Å². The summed E-state index contributed by atoms with van der Waals surface area (Å²) in [5.74, 6) is 0. The lowest BCUT2D eigenvalue weighted by molar-refractivity contribution is 0.326. The molecule has 1 unspecified atom stereocenters. The van der Waals surface area contributed by atoms with Crippen LogP contribution in [0.5, 0.6) is 0 Å². The third-order valence-corrected chi connectivity index (χ3v) is 3.29. The van der Waals surface area contributed by atoms with Gasteiger partial charge in [0.1, 0.15) is 0 Å². The molecule has 0 fully saturated rings. The molecule has 3 heteroatoms. The van der Waals surface area contributed by atoms with E-state index in [1.807, 2.05) is 0 Å². The van der Waals surface area contributed by atoms with E-state index in [9.17, 15) is 0 Å². The molecule has 0 aliphatic carbocycles. The van der Waals surface area contributed by atoms with Gasteiger partial charge in [0, 0.05) is 23.6 Å². The lowest BCUT2D eigenvalue weighted by Gasteiger charge is -2.28. The van der Waals surface area contributed by atoms with Crippen LogP contribution in [0.1, 0.15) is 11.1 Å². The summed E-state index contributed by atoms with van der Waals surface area (Å²) in [6.07, 6.45) is 1.14. The van der Waals surface area contributed by atoms with Crippen molar-refractivity contribution in [1.82, 2.24) is 10.2 Å². The highest BCUT2D eigenvalue weighted by molar-refractivity contribution is 9.10. The van der Waals surface area contributed by atoms with Crippen LogP contribution in [-0.4, -0.2) is 31.6 Å². The minimum Gasteiger partial charge on any atom is -0.308 e. The van der Waals surface area contributed by atoms with E-state index in [1.165, 1.54) is 15.6 Å². The van der Waals surface area contributed by atoms with Crippen molar-refractivity contribution < 1.29 is 0 Å². The molecule has 1 atom stereocenters. The predicted octanol–water partition coefficient (Wildman–Crippen LogP) is 2.02. The molecule has 1 aromatic carbocycles. The van der Waals surface area contributed by atoms with Gasteiger partial charge in [0.15, 0.2) is 0 Å². The van der Waals surface area contributed by atoms with Crippen molar-refractivity contribution in [3.05, 3.63) is 33.8 Å². The predicted molar refractivity (Wildman–Crippen MR) is 67.0 cm³/mol. The van der Waals surface area contributed by atoms with Crippen molar-refractivity contribution in [2.75, 3.05) is 20.6 Å². The van der Waals surface area contributed by atoms with E-state index >= 15 is 0 Å². The molecule has 0 aromatic heterocycles. The van der Waals surface area contributed by atoms with E-state index in [1.54, 1.807) is 0 Å². The molecule has 0 radical (unpaired) electrons. The molecule has 15 heavy (non-hydrogen) atoms. The van der Waals surface area contributed by atoms with E-state index in [4.69, 9.17) is 0 Å². The van der Waals surface area contributed by atoms with E-state index in [2.05, 4.69) is 58.4 Å². The summed E-state index contributed by atoms with van der Waals surface area (Å²) in [6, 6.07) is 7.18. The van der Waals surface area contributed by atoms with Gasteiger partial charge in [-0.25, -0.2) is 0 Å². The monoisotopic (exact) mass is 268 g/mol. The van der Waals surface area contributed by atoms with Gasteiger partial charge in [-0.3, -0.25) is 0 Å². The van der Waals surface area contributed by atoms with Crippen molar-refractivity contribution in [3.63, 3.8) is 0 Å². The number of benzene rings is 1. The van der Waals surface area contributed by atoms with Gasteiger partial charge >= 0.3 is 0 Å². The van der Waals surface area contributed by atoms with Gasteiger partial charge in [0.05, 0.1) is 0 Å². The fourth-order valence-electron chi connectivity index (χ4n) is 2.12. The molecule has 1 N–H and O–H groups in total. The molecule has 1 aliphatic rings. The van der Waals surface area contributed by atoms with Gasteiger partial charge in [-0.1, -0.05) is 22.0 Å². The van der Waals surface area contributed by atoms with Crippen molar-refractivity contribution in [1.29, 1.82) is 0 Å². The first-order valence-corrected chi connectivity index (χ1v) is 6.10. The number of halogens is 1. The lowest BCUT2D eigenvalue weighted by Crippen LogP contribution is -2.42. The van der Waals surface area contributed by atoms with E-state index in [0.717, 1.165) is 19.5 Å². The first-order chi connectivity index (χ1) is 7.15. The van der Waals surface area contributed by atoms with Crippen LogP contribution in [0.2, 0.25) is 0 Å². The van der Waals surface area contributed by atoms with Crippen molar-refractivity contribution in [2.24, 2.45) is 0 Å². The summed E-state index contributed by atoms with van der Waals surface area (Å²) in [6.45, 7) is 2.10. The lowest BCUT2D eigenvalue weighted by atomic mass is 9.96. The molecule has 2 nitrogen and oxygen atoms in total. The van der Waals surface area contributed by atoms with Crippen LogP contribution in [0, 0.1) is 0 Å². The molecule has 1 heterocycles. The Balaban J connectivity index is 2.10.